The number of nitrogens with two attached hydrogens (primary N) is 1. The lowest BCUT2D eigenvalue weighted by molar-refractivity contribution is 0.669. The Bertz CT molecular complexity index is 2920. The molecule has 0 aliphatic heterocycles. The highest BCUT2D eigenvalue weighted by Gasteiger charge is 2.15. The Morgan fingerprint density at radius 2 is 1.06 bits per heavy atom. The van der Waals surface area contributed by atoms with E-state index >= 15 is 0 Å². The maximum Gasteiger partial charge on any atom is 0.135 e. The summed E-state index contributed by atoms with van der Waals surface area (Å²) < 4.78 is 11.0. The Morgan fingerprint density at radius 3 is 1.63 bits per heavy atom. The molecule has 242 valence electrons. The van der Waals surface area contributed by atoms with Gasteiger partial charge >= 0.3 is 0 Å². The number of pyridine rings is 1. The first kappa shape index (κ1) is 29.1. The molecule has 0 aliphatic rings. The number of allylic oxidation sites excluding steroid dienone is 3. The fraction of sp³-hybridized carbons (Fsp3) is 0.0217. The topological polar surface area (TPSA) is 61.9 Å². The van der Waals surface area contributed by atoms with Gasteiger partial charge in [-0.2, -0.15) is 0 Å². The van der Waals surface area contributed by atoms with Gasteiger partial charge in [-0.25, -0.2) is 0 Å². The zero-order valence-corrected chi connectivity index (χ0v) is 27.7. The molecule has 4 heterocycles. The summed E-state index contributed by atoms with van der Waals surface area (Å²) in [7, 11) is 0. The van der Waals surface area contributed by atoms with Crippen molar-refractivity contribution in [3.05, 3.63) is 181 Å². The van der Waals surface area contributed by atoms with E-state index in [0.717, 1.165) is 50.1 Å². The number of benzene rings is 6. The molecule has 0 fully saturated rings. The molecule has 51 heavy (non-hydrogen) atoms. The predicted octanol–water partition coefficient (Wildman–Crippen LogP) is 11.3. The van der Waals surface area contributed by atoms with Crippen LogP contribution in [0.3, 0.4) is 0 Å². The number of hydrogen-bond acceptors (Lipinski definition) is 3. The third kappa shape index (κ3) is 4.67. The molecule has 0 amide bonds. The number of furan rings is 1. The van der Waals surface area contributed by atoms with E-state index in [-0.39, 0.29) is 0 Å². The van der Waals surface area contributed by atoms with E-state index in [1.165, 1.54) is 43.6 Å². The van der Waals surface area contributed by atoms with E-state index in [4.69, 9.17) is 15.1 Å². The van der Waals surface area contributed by atoms with Gasteiger partial charge < -0.3 is 19.3 Å². The summed E-state index contributed by atoms with van der Waals surface area (Å²) in [6.07, 6.45) is 8.32. The minimum absolute atomic E-state index is 0.646. The quantitative estimate of drug-likeness (QED) is 0.181. The van der Waals surface area contributed by atoms with Crippen LogP contribution in [-0.4, -0.2) is 14.1 Å². The third-order valence-corrected chi connectivity index (χ3v) is 10.1. The maximum absolute atomic E-state index is 6.35. The molecule has 0 spiro atoms. The Morgan fingerprint density at radius 1 is 0.549 bits per heavy atom. The highest BCUT2D eigenvalue weighted by molar-refractivity contribution is 6.11. The number of fused-ring (bicyclic) bond motifs is 9. The molecule has 4 aromatic heterocycles. The van der Waals surface area contributed by atoms with Crippen molar-refractivity contribution in [1.29, 1.82) is 0 Å². The summed E-state index contributed by atoms with van der Waals surface area (Å²) >= 11 is 0. The molecular formula is C46H32N4O. The molecule has 0 radical (unpaired) electrons. The van der Waals surface area contributed by atoms with E-state index < -0.39 is 0 Å². The van der Waals surface area contributed by atoms with Gasteiger partial charge in [0.05, 0.1) is 22.1 Å². The van der Waals surface area contributed by atoms with Crippen LogP contribution in [-0.2, 0) is 6.42 Å². The summed E-state index contributed by atoms with van der Waals surface area (Å²) in [6.45, 7) is 0. The molecule has 0 aliphatic carbocycles. The number of hydrogen-bond donors (Lipinski definition) is 1. The van der Waals surface area contributed by atoms with Crippen LogP contribution in [0.15, 0.2) is 175 Å². The van der Waals surface area contributed by atoms with Crippen LogP contribution < -0.4 is 5.73 Å². The monoisotopic (exact) mass is 656 g/mol. The Labute approximate surface area is 293 Å². The average molecular weight is 657 g/mol. The van der Waals surface area contributed by atoms with E-state index in [1.807, 2.05) is 12.3 Å². The van der Waals surface area contributed by atoms with Crippen LogP contribution in [0, 0.1) is 0 Å². The molecule has 6 aromatic carbocycles. The summed E-state index contributed by atoms with van der Waals surface area (Å²) in [5, 5.41) is 7.10. The fourth-order valence-corrected chi connectivity index (χ4v) is 7.80. The largest absolute Gasteiger partial charge is 0.456 e. The highest BCUT2D eigenvalue weighted by Crippen LogP contribution is 2.37. The summed E-state index contributed by atoms with van der Waals surface area (Å²) in [5.74, 6) is 0. The number of nitrogens with zero attached hydrogens (tertiary/aromatic N) is 3. The smallest absolute Gasteiger partial charge is 0.135 e. The summed E-state index contributed by atoms with van der Waals surface area (Å²) in [4.78, 5) is 4.76. The van der Waals surface area contributed by atoms with E-state index in [2.05, 4.69) is 161 Å². The molecule has 0 unspecified atom stereocenters. The molecular weight excluding hydrogens is 625 g/mol. The van der Waals surface area contributed by atoms with Crippen molar-refractivity contribution in [3.8, 4) is 11.4 Å². The predicted molar refractivity (Wildman–Crippen MR) is 212 cm³/mol. The van der Waals surface area contributed by atoms with Gasteiger partial charge in [-0.15, -0.1) is 0 Å². The molecule has 0 bridgehead atoms. The Hall–Kier alpha value is -6.85. The lowest BCUT2D eigenvalue weighted by atomic mass is 10.0. The van der Waals surface area contributed by atoms with Crippen LogP contribution in [0.4, 0.5) is 0 Å². The van der Waals surface area contributed by atoms with Gasteiger partial charge in [0.15, 0.2) is 0 Å². The van der Waals surface area contributed by atoms with Crippen molar-refractivity contribution >= 4 is 71.1 Å². The van der Waals surface area contributed by atoms with Crippen LogP contribution in [0.1, 0.15) is 11.3 Å². The fourth-order valence-electron chi connectivity index (χ4n) is 7.80. The normalized spacial score (nSPS) is 12.5. The van der Waals surface area contributed by atoms with E-state index in [0.29, 0.717) is 6.42 Å². The average Bonchev–Trinajstić information content (AvgIpc) is 3.84. The first-order valence-corrected chi connectivity index (χ1v) is 17.2. The van der Waals surface area contributed by atoms with Gasteiger partial charge in [-0.1, -0.05) is 84.9 Å². The van der Waals surface area contributed by atoms with Crippen molar-refractivity contribution in [2.45, 2.75) is 6.42 Å². The third-order valence-electron chi connectivity index (χ3n) is 10.1. The molecule has 10 aromatic rings. The minimum atomic E-state index is 0.646. The second kappa shape index (κ2) is 11.6. The van der Waals surface area contributed by atoms with Crippen molar-refractivity contribution in [1.82, 2.24) is 14.1 Å². The molecule has 0 saturated heterocycles. The minimum Gasteiger partial charge on any atom is -0.456 e. The Kier molecular flexibility index (Phi) is 6.64. The van der Waals surface area contributed by atoms with Crippen LogP contribution in [0.25, 0.3) is 82.5 Å². The zero-order chi connectivity index (χ0) is 33.9. The number of aromatic nitrogens is 3. The lowest BCUT2D eigenvalue weighted by Gasteiger charge is -2.09. The van der Waals surface area contributed by atoms with E-state index in [1.54, 1.807) is 6.20 Å². The zero-order valence-electron chi connectivity index (χ0n) is 27.7. The number of rotatable bonds is 6. The number of para-hydroxylation sites is 4. The maximum atomic E-state index is 6.35. The summed E-state index contributed by atoms with van der Waals surface area (Å²) in [6, 6.07) is 51.4. The standard InChI is InChI=1S/C46H32N4O/c47-25-23-30(17-19-32-28-34(24-26-48-32)50-43-15-7-3-11-37(43)38-12-4-8-16-44(38)50)31-18-21-45-39(27-31)40-29-33(20-22-46(40)51-45)49-41-13-5-1-9-35(41)36-10-2-6-14-42(36)49/h1-18,20-29H,19,47H2/b25-23-,30-17+. The van der Waals surface area contributed by atoms with Crippen molar-refractivity contribution in [2.24, 2.45) is 5.73 Å². The first-order valence-electron chi connectivity index (χ1n) is 17.2. The van der Waals surface area contributed by atoms with Crippen molar-refractivity contribution < 1.29 is 4.42 Å². The summed E-state index contributed by atoms with van der Waals surface area (Å²) in [5.41, 5.74) is 17.7. The second-order valence-electron chi connectivity index (χ2n) is 13.0. The highest BCUT2D eigenvalue weighted by atomic mass is 16.3. The molecule has 10 rings (SSSR count). The lowest BCUT2D eigenvalue weighted by Crippen LogP contribution is -1.97. The molecule has 5 heteroatoms. The molecule has 0 atom stereocenters. The van der Waals surface area contributed by atoms with Gasteiger partial charge in [-0.3, -0.25) is 4.98 Å². The molecule has 5 nitrogen and oxygen atoms in total. The SMILES string of the molecule is N/C=C\C(=C/Cc1cc(-n2c3ccccc3c3ccccc32)ccn1)c1ccc2oc3ccc(-n4c5ccccc5c5ccccc54)cc3c2c1. The van der Waals surface area contributed by atoms with Gasteiger partial charge in [0.1, 0.15) is 11.2 Å². The van der Waals surface area contributed by atoms with Crippen LogP contribution in [0.5, 0.6) is 0 Å². The molecule has 0 saturated carbocycles. The Balaban J connectivity index is 1.04. The van der Waals surface area contributed by atoms with Crippen molar-refractivity contribution in [3.63, 3.8) is 0 Å². The van der Waals surface area contributed by atoms with Gasteiger partial charge in [0, 0.05) is 62.0 Å². The van der Waals surface area contributed by atoms with Gasteiger partial charge in [0.2, 0.25) is 0 Å². The van der Waals surface area contributed by atoms with Crippen LogP contribution >= 0.6 is 0 Å². The second-order valence-corrected chi connectivity index (χ2v) is 13.0. The molecule has 2 N–H and O–H groups in total. The van der Waals surface area contributed by atoms with Gasteiger partial charge in [0.25, 0.3) is 0 Å². The van der Waals surface area contributed by atoms with Crippen molar-refractivity contribution in [2.75, 3.05) is 0 Å². The first-order chi connectivity index (χ1) is 25.2. The van der Waals surface area contributed by atoms with E-state index in [9.17, 15) is 0 Å². The van der Waals surface area contributed by atoms with Crippen LogP contribution in [0.2, 0.25) is 0 Å². The van der Waals surface area contributed by atoms with Gasteiger partial charge in [-0.05, 0) is 90.1 Å².